The topological polar surface area (TPSA) is 49.8 Å². The quantitative estimate of drug-likeness (QED) is 0.827. The molecule has 0 aromatic carbocycles. The Morgan fingerprint density at radius 1 is 1.44 bits per heavy atom. The van der Waals surface area contributed by atoms with E-state index in [0.29, 0.717) is 12.5 Å². The molecule has 4 heteroatoms. The van der Waals surface area contributed by atoms with Gasteiger partial charge < -0.3 is 14.7 Å². The van der Waals surface area contributed by atoms with Gasteiger partial charge in [-0.3, -0.25) is 0 Å². The van der Waals surface area contributed by atoms with Gasteiger partial charge in [-0.25, -0.2) is 4.79 Å². The molecule has 1 N–H and O–H groups in total. The minimum Gasteiger partial charge on any atom is -0.444 e. The minimum absolute atomic E-state index is 0.194. The van der Waals surface area contributed by atoms with Crippen molar-refractivity contribution in [3.8, 4) is 0 Å². The van der Waals surface area contributed by atoms with E-state index in [9.17, 15) is 4.79 Å². The molecular formula is C14H27NO3. The first-order chi connectivity index (χ1) is 8.15. The zero-order valence-corrected chi connectivity index (χ0v) is 12.3. The van der Waals surface area contributed by atoms with Crippen molar-refractivity contribution in [3.05, 3.63) is 0 Å². The van der Waals surface area contributed by atoms with Crippen LogP contribution in [-0.4, -0.2) is 40.4 Å². The van der Waals surface area contributed by atoms with Gasteiger partial charge in [0.05, 0.1) is 0 Å². The van der Waals surface area contributed by atoms with Gasteiger partial charge in [-0.05, 0) is 59.8 Å². The van der Waals surface area contributed by atoms with Crippen LogP contribution in [0.25, 0.3) is 0 Å². The monoisotopic (exact) mass is 257 g/mol. The van der Waals surface area contributed by atoms with Crippen molar-refractivity contribution in [1.29, 1.82) is 0 Å². The summed E-state index contributed by atoms with van der Waals surface area (Å²) in [6.45, 7) is 10.7. The second-order valence-electron chi connectivity index (χ2n) is 6.82. The molecule has 4 nitrogen and oxygen atoms in total. The largest absolute Gasteiger partial charge is 0.444 e. The van der Waals surface area contributed by atoms with Crippen LogP contribution in [0, 0.1) is 5.92 Å². The third-order valence-corrected chi connectivity index (χ3v) is 3.43. The maximum absolute atomic E-state index is 12.1. The molecule has 1 aliphatic heterocycles. The molecule has 0 spiro atoms. The van der Waals surface area contributed by atoms with Gasteiger partial charge in [0.2, 0.25) is 0 Å². The van der Waals surface area contributed by atoms with E-state index in [1.165, 1.54) is 0 Å². The number of likely N-dealkylation sites (tertiary alicyclic amines) is 1. The van der Waals surface area contributed by atoms with Crippen LogP contribution in [0.5, 0.6) is 0 Å². The van der Waals surface area contributed by atoms with Crippen molar-refractivity contribution in [2.45, 2.75) is 65.0 Å². The van der Waals surface area contributed by atoms with Crippen molar-refractivity contribution >= 4 is 6.09 Å². The number of nitrogens with zero attached hydrogens (tertiary/aromatic N) is 1. The Morgan fingerprint density at radius 2 is 2.06 bits per heavy atom. The lowest BCUT2D eigenvalue weighted by molar-refractivity contribution is -0.0164. The smallest absolute Gasteiger partial charge is 0.410 e. The molecule has 1 heterocycles. The molecule has 0 radical (unpaired) electrons. The van der Waals surface area contributed by atoms with Gasteiger partial charge in [0.1, 0.15) is 5.60 Å². The Balaban J connectivity index is 2.65. The molecule has 0 aromatic rings. The molecule has 0 aliphatic carbocycles. The fourth-order valence-electron chi connectivity index (χ4n) is 2.62. The summed E-state index contributed by atoms with van der Waals surface area (Å²) in [5.74, 6) is 0.503. The van der Waals surface area contributed by atoms with Crippen molar-refractivity contribution in [3.63, 3.8) is 0 Å². The van der Waals surface area contributed by atoms with Crippen LogP contribution in [0.2, 0.25) is 0 Å². The Hall–Kier alpha value is -0.770. The van der Waals surface area contributed by atoms with E-state index < -0.39 is 5.60 Å². The van der Waals surface area contributed by atoms with E-state index in [1.807, 2.05) is 25.7 Å². The van der Waals surface area contributed by atoms with Gasteiger partial charge in [-0.15, -0.1) is 0 Å². The number of ether oxygens (including phenoxy) is 1. The highest BCUT2D eigenvalue weighted by molar-refractivity contribution is 5.69. The average Bonchev–Trinajstić information content (AvgIpc) is 2.13. The number of hydrogen-bond acceptors (Lipinski definition) is 3. The molecular weight excluding hydrogens is 230 g/mol. The maximum atomic E-state index is 12.1. The molecule has 106 valence electrons. The number of aliphatic hydroxyl groups is 1. The van der Waals surface area contributed by atoms with E-state index >= 15 is 0 Å². The fraction of sp³-hybridized carbons (Fsp3) is 0.929. The minimum atomic E-state index is -0.449. The second-order valence-corrected chi connectivity index (χ2v) is 6.82. The first-order valence-electron chi connectivity index (χ1n) is 6.77. The number of piperidine rings is 1. The molecule has 1 saturated heterocycles. The Morgan fingerprint density at radius 3 is 2.50 bits per heavy atom. The Labute approximate surface area is 110 Å². The third-order valence-electron chi connectivity index (χ3n) is 3.43. The molecule has 18 heavy (non-hydrogen) atoms. The number of aliphatic hydroxyl groups excluding tert-OH is 1. The van der Waals surface area contributed by atoms with Crippen LogP contribution >= 0.6 is 0 Å². The lowest BCUT2D eigenvalue weighted by atomic mass is 9.81. The molecule has 1 rings (SSSR count). The van der Waals surface area contributed by atoms with Gasteiger partial charge >= 0.3 is 6.09 Å². The van der Waals surface area contributed by atoms with E-state index in [0.717, 1.165) is 19.3 Å². The molecule has 0 bridgehead atoms. The van der Waals surface area contributed by atoms with Crippen LogP contribution in [0.4, 0.5) is 4.79 Å². The number of hydrogen-bond donors (Lipinski definition) is 1. The first kappa shape index (κ1) is 15.3. The molecule has 1 aliphatic rings. The van der Waals surface area contributed by atoms with Gasteiger partial charge in [0, 0.05) is 18.7 Å². The normalized spacial score (nSPS) is 23.9. The standard InChI is InChI=1S/C14H27NO3/c1-13(2,3)18-12(17)15-8-6-11(7-9-16)10-14(15,4)5/h11,16H,6-10H2,1-5H3. The van der Waals surface area contributed by atoms with E-state index in [4.69, 9.17) is 9.84 Å². The highest BCUT2D eigenvalue weighted by Gasteiger charge is 2.39. The van der Waals surface area contributed by atoms with Crippen molar-refractivity contribution in [2.75, 3.05) is 13.2 Å². The van der Waals surface area contributed by atoms with E-state index in [1.54, 1.807) is 0 Å². The van der Waals surface area contributed by atoms with Crippen LogP contribution in [0.3, 0.4) is 0 Å². The third kappa shape index (κ3) is 4.16. The predicted molar refractivity (Wildman–Crippen MR) is 71.4 cm³/mol. The van der Waals surface area contributed by atoms with Crippen LogP contribution in [0.15, 0.2) is 0 Å². The summed E-state index contributed by atoms with van der Waals surface area (Å²) in [7, 11) is 0. The molecule has 1 atom stereocenters. The van der Waals surface area contributed by atoms with E-state index in [-0.39, 0.29) is 18.2 Å². The van der Waals surface area contributed by atoms with Crippen LogP contribution in [0.1, 0.15) is 53.9 Å². The van der Waals surface area contributed by atoms with Crippen molar-refractivity contribution in [2.24, 2.45) is 5.92 Å². The highest BCUT2D eigenvalue weighted by Crippen LogP contribution is 2.34. The number of amides is 1. The summed E-state index contributed by atoms with van der Waals surface area (Å²) in [5.41, 5.74) is -0.643. The number of carbonyl (C=O) groups is 1. The van der Waals surface area contributed by atoms with Crippen LogP contribution in [-0.2, 0) is 4.74 Å². The Kier molecular flexibility index (Phi) is 4.65. The second kappa shape index (κ2) is 5.47. The predicted octanol–water partition coefficient (Wildman–Crippen LogP) is 2.79. The summed E-state index contributed by atoms with van der Waals surface area (Å²) in [6, 6.07) is 0. The lowest BCUT2D eigenvalue weighted by Gasteiger charge is -2.45. The summed E-state index contributed by atoms with van der Waals surface area (Å²) in [4.78, 5) is 14.0. The lowest BCUT2D eigenvalue weighted by Crippen LogP contribution is -2.54. The van der Waals surface area contributed by atoms with Crippen molar-refractivity contribution < 1.29 is 14.6 Å². The maximum Gasteiger partial charge on any atom is 0.410 e. The van der Waals surface area contributed by atoms with Gasteiger partial charge in [0.15, 0.2) is 0 Å². The highest BCUT2D eigenvalue weighted by atomic mass is 16.6. The number of carbonyl (C=O) groups excluding carboxylic acids is 1. The molecule has 1 unspecified atom stereocenters. The SMILES string of the molecule is CC(C)(C)OC(=O)N1CCC(CCO)CC1(C)C. The summed E-state index contributed by atoms with van der Waals surface area (Å²) in [6.07, 6.45) is 2.47. The van der Waals surface area contributed by atoms with Gasteiger partial charge in [-0.1, -0.05) is 0 Å². The zero-order chi connectivity index (χ0) is 14.0. The van der Waals surface area contributed by atoms with Gasteiger partial charge in [-0.2, -0.15) is 0 Å². The molecule has 1 fully saturated rings. The fourth-order valence-corrected chi connectivity index (χ4v) is 2.62. The van der Waals surface area contributed by atoms with Crippen molar-refractivity contribution in [1.82, 2.24) is 4.90 Å². The summed E-state index contributed by atoms with van der Waals surface area (Å²) >= 11 is 0. The summed E-state index contributed by atoms with van der Waals surface area (Å²) in [5, 5.41) is 9.01. The molecule has 1 amide bonds. The molecule has 0 aromatic heterocycles. The first-order valence-corrected chi connectivity index (χ1v) is 6.77. The average molecular weight is 257 g/mol. The summed E-state index contributed by atoms with van der Waals surface area (Å²) < 4.78 is 5.45. The molecule has 0 saturated carbocycles. The number of rotatable bonds is 2. The van der Waals surface area contributed by atoms with Gasteiger partial charge in [0.25, 0.3) is 0 Å². The zero-order valence-electron chi connectivity index (χ0n) is 12.3. The van der Waals surface area contributed by atoms with Crippen LogP contribution < -0.4 is 0 Å². The Bertz CT molecular complexity index is 294. The van der Waals surface area contributed by atoms with E-state index in [2.05, 4.69) is 13.8 Å².